The Morgan fingerprint density at radius 3 is 2.22 bits per heavy atom. The Balaban J connectivity index is 1.68. The zero-order valence-electron chi connectivity index (χ0n) is 22.2. The number of carbonyl (C=O) groups excluding carboxylic acids is 2. The van der Waals surface area contributed by atoms with Gasteiger partial charge in [-0.25, -0.2) is 4.79 Å². The fourth-order valence-corrected chi connectivity index (χ4v) is 3.92. The van der Waals surface area contributed by atoms with Gasteiger partial charge in [0.15, 0.2) is 12.2 Å². The van der Waals surface area contributed by atoms with Crippen LogP contribution in [0, 0.1) is 0 Å². The van der Waals surface area contributed by atoms with Crippen molar-refractivity contribution in [2.24, 2.45) is 0 Å². The molecule has 0 aliphatic rings. The Kier molecular flexibility index (Phi) is 10.3. The van der Waals surface area contributed by atoms with Crippen LogP contribution in [0.4, 0.5) is 21.9 Å². The number of nitrogens with one attached hydrogen (secondary N) is 2. The van der Waals surface area contributed by atoms with Crippen molar-refractivity contribution in [1.29, 1.82) is 0 Å². The molecule has 4 aromatic rings. The number of rotatable bonds is 12. The summed E-state index contributed by atoms with van der Waals surface area (Å²) >= 11 is 0. The van der Waals surface area contributed by atoms with Crippen LogP contribution in [0.5, 0.6) is 11.5 Å². The number of hydrogen-bond donors (Lipinski definition) is 4. The van der Waals surface area contributed by atoms with Crippen molar-refractivity contribution in [3.8, 4) is 11.5 Å². The number of aliphatic hydroxyl groups is 1. The number of benzene rings is 4. The van der Waals surface area contributed by atoms with E-state index >= 15 is 0 Å². The maximum atomic E-state index is 13.1. The molecule has 0 bridgehead atoms. The standard InChI is InChI=1S/C32H31N3O6/c33-26-16-8-9-17-27(26)35-30(37)20-19-29(40-24-13-5-2-6-14-24)31(25-15-7-10-18-28(25)39-22-21-36)41-32(38)34-23-11-3-1-4-12-23/h1-20,29,31,36H,21-22,33H2,(H,34,38)(H,35,37)/b20-19+/t29-,31-/m1/s1. The Bertz CT molecular complexity index is 1450. The second-order valence-corrected chi connectivity index (χ2v) is 8.76. The predicted molar refractivity (Wildman–Crippen MR) is 158 cm³/mol. The molecule has 0 spiro atoms. The molecule has 210 valence electrons. The van der Waals surface area contributed by atoms with Crippen LogP contribution in [0.1, 0.15) is 11.7 Å². The molecule has 9 nitrogen and oxygen atoms in total. The first-order valence-corrected chi connectivity index (χ1v) is 12.9. The first kappa shape index (κ1) is 28.7. The van der Waals surface area contributed by atoms with Crippen LogP contribution >= 0.6 is 0 Å². The molecular formula is C32H31N3O6. The van der Waals surface area contributed by atoms with Gasteiger partial charge >= 0.3 is 6.09 Å². The first-order valence-electron chi connectivity index (χ1n) is 12.9. The lowest BCUT2D eigenvalue weighted by atomic mass is 10.0. The topological polar surface area (TPSA) is 132 Å². The Hall–Kier alpha value is -5.28. The molecule has 4 rings (SSSR count). The smallest absolute Gasteiger partial charge is 0.412 e. The van der Waals surface area contributed by atoms with Crippen LogP contribution in [0.3, 0.4) is 0 Å². The summed E-state index contributed by atoms with van der Waals surface area (Å²) in [4.78, 5) is 26.0. The zero-order chi connectivity index (χ0) is 28.9. The second-order valence-electron chi connectivity index (χ2n) is 8.76. The van der Waals surface area contributed by atoms with Crippen LogP contribution in [0.2, 0.25) is 0 Å². The molecule has 0 saturated carbocycles. The summed E-state index contributed by atoms with van der Waals surface area (Å²) in [7, 11) is 0. The van der Waals surface area contributed by atoms with Gasteiger partial charge in [-0.15, -0.1) is 0 Å². The molecule has 4 aromatic carbocycles. The quantitative estimate of drug-likeness (QED) is 0.133. The van der Waals surface area contributed by atoms with E-state index in [9.17, 15) is 14.7 Å². The SMILES string of the molecule is Nc1ccccc1NC(=O)/C=C/[C@@H](Oc1ccccc1)[C@H](OC(=O)Nc1ccccc1)c1ccccc1OCCO. The molecule has 0 heterocycles. The first-order chi connectivity index (χ1) is 20.0. The number of aliphatic hydroxyl groups excluding tert-OH is 1. The summed E-state index contributed by atoms with van der Waals surface area (Å²) in [6.07, 6.45) is 0.0130. The van der Waals surface area contributed by atoms with E-state index in [2.05, 4.69) is 10.6 Å². The molecule has 0 radical (unpaired) electrons. The van der Waals surface area contributed by atoms with E-state index in [4.69, 9.17) is 19.9 Å². The minimum atomic E-state index is -1.07. The van der Waals surface area contributed by atoms with Crippen molar-refractivity contribution < 1.29 is 28.9 Å². The highest BCUT2D eigenvalue weighted by Crippen LogP contribution is 2.33. The lowest BCUT2D eigenvalue weighted by Gasteiger charge is -2.27. The predicted octanol–water partition coefficient (Wildman–Crippen LogP) is 5.57. The third-order valence-electron chi connectivity index (χ3n) is 5.80. The van der Waals surface area contributed by atoms with Gasteiger partial charge in [0.1, 0.15) is 18.1 Å². The summed E-state index contributed by atoms with van der Waals surface area (Å²) in [5.41, 5.74) is 7.86. The number of amides is 2. The van der Waals surface area contributed by atoms with Gasteiger partial charge < -0.3 is 30.4 Å². The number of nitrogens with two attached hydrogens (primary N) is 1. The summed E-state index contributed by atoms with van der Waals surface area (Å²) in [5, 5.41) is 14.8. The maximum Gasteiger partial charge on any atom is 0.412 e. The molecule has 0 fully saturated rings. The number of anilines is 3. The van der Waals surface area contributed by atoms with Gasteiger partial charge in [-0.1, -0.05) is 66.7 Å². The minimum Gasteiger partial charge on any atom is -0.491 e. The summed E-state index contributed by atoms with van der Waals surface area (Å²) in [6, 6.07) is 31.7. The summed E-state index contributed by atoms with van der Waals surface area (Å²) < 4.78 is 18.0. The van der Waals surface area contributed by atoms with E-state index in [1.54, 1.807) is 97.1 Å². The third kappa shape index (κ3) is 8.61. The summed E-state index contributed by atoms with van der Waals surface area (Å²) in [5.74, 6) is 0.415. The lowest BCUT2D eigenvalue weighted by molar-refractivity contribution is -0.112. The fraction of sp³-hybridized carbons (Fsp3) is 0.125. The number of carbonyl (C=O) groups is 2. The van der Waals surface area contributed by atoms with E-state index in [1.165, 1.54) is 12.2 Å². The van der Waals surface area contributed by atoms with Crippen LogP contribution in [0.15, 0.2) is 121 Å². The number of hydrogen-bond acceptors (Lipinski definition) is 7. The molecule has 0 aliphatic heterocycles. The van der Waals surface area contributed by atoms with Gasteiger partial charge in [-0.05, 0) is 48.5 Å². The largest absolute Gasteiger partial charge is 0.491 e. The molecule has 2 atom stereocenters. The van der Waals surface area contributed by atoms with E-state index in [0.717, 1.165) is 0 Å². The second kappa shape index (κ2) is 14.8. The van der Waals surface area contributed by atoms with Crippen molar-refractivity contribution in [2.45, 2.75) is 12.2 Å². The van der Waals surface area contributed by atoms with Gasteiger partial charge in [0.05, 0.1) is 18.0 Å². The van der Waals surface area contributed by atoms with Crippen molar-refractivity contribution in [3.05, 3.63) is 127 Å². The van der Waals surface area contributed by atoms with Crippen molar-refractivity contribution in [3.63, 3.8) is 0 Å². The average Bonchev–Trinajstić information content (AvgIpc) is 2.99. The molecule has 0 unspecified atom stereocenters. The van der Waals surface area contributed by atoms with E-state index in [-0.39, 0.29) is 13.2 Å². The third-order valence-corrected chi connectivity index (χ3v) is 5.80. The van der Waals surface area contributed by atoms with Crippen molar-refractivity contribution in [1.82, 2.24) is 0 Å². The molecule has 9 heteroatoms. The van der Waals surface area contributed by atoms with E-state index in [1.807, 2.05) is 12.1 Å². The van der Waals surface area contributed by atoms with Crippen LogP contribution < -0.4 is 25.8 Å². The highest BCUT2D eigenvalue weighted by molar-refractivity contribution is 6.01. The summed E-state index contributed by atoms with van der Waals surface area (Å²) in [6.45, 7) is -0.179. The van der Waals surface area contributed by atoms with Crippen molar-refractivity contribution in [2.75, 3.05) is 29.6 Å². The number of ether oxygens (including phenoxy) is 3. The van der Waals surface area contributed by atoms with Crippen LogP contribution in [0.25, 0.3) is 0 Å². The molecule has 41 heavy (non-hydrogen) atoms. The lowest BCUT2D eigenvalue weighted by Crippen LogP contribution is -2.30. The minimum absolute atomic E-state index is 0.0287. The monoisotopic (exact) mass is 553 g/mol. The highest BCUT2D eigenvalue weighted by atomic mass is 16.6. The van der Waals surface area contributed by atoms with Gasteiger partial charge in [-0.3, -0.25) is 10.1 Å². The number of nitrogen functional groups attached to an aromatic ring is 1. The maximum absolute atomic E-state index is 13.1. The van der Waals surface area contributed by atoms with Gasteiger partial charge in [-0.2, -0.15) is 0 Å². The molecule has 0 aromatic heterocycles. The molecule has 0 saturated heterocycles. The molecular weight excluding hydrogens is 522 g/mol. The highest BCUT2D eigenvalue weighted by Gasteiger charge is 2.30. The Labute approximate surface area is 238 Å². The molecule has 0 aliphatic carbocycles. The van der Waals surface area contributed by atoms with Gasteiger partial charge in [0.25, 0.3) is 0 Å². The van der Waals surface area contributed by atoms with Crippen molar-refractivity contribution >= 4 is 29.1 Å². The van der Waals surface area contributed by atoms with Crippen LogP contribution in [-0.2, 0) is 9.53 Å². The average molecular weight is 554 g/mol. The normalized spacial score (nSPS) is 12.2. The number of para-hydroxylation sites is 5. The fourth-order valence-electron chi connectivity index (χ4n) is 3.92. The molecule has 2 amide bonds. The zero-order valence-corrected chi connectivity index (χ0v) is 22.2. The van der Waals surface area contributed by atoms with Crippen LogP contribution in [-0.4, -0.2) is 36.4 Å². The van der Waals surface area contributed by atoms with Gasteiger partial charge in [0.2, 0.25) is 5.91 Å². The van der Waals surface area contributed by atoms with E-state index in [0.29, 0.717) is 34.1 Å². The molecule has 5 N–H and O–H groups in total. The Morgan fingerprint density at radius 2 is 1.49 bits per heavy atom. The van der Waals surface area contributed by atoms with E-state index < -0.39 is 24.2 Å². The Morgan fingerprint density at radius 1 is 0.829 bits per heavy atom. The van der Waals surface area contributed by atoms with Gasteiger partial charge in [0, 0.05) is 17.3 Å².